The molecule has 0 unspecified atom stereocenters. The van der Waals surface area contributed by atoms with Crippen molar-refractivity contribution in [3.63, 3.8) is 0 Å². The highest BCUT2D eigenvalue weighted by atomic mass is 16.5. The van der Waals surface area contributed by atoms with Crippen LogP contribution < -0.4 is 5.43 Å². The van der Waals surface area contributed by atoms with Crippen molar-refractivity contribution >= 4 is 12.1 Å². The Morgan fingerprint density at radius 1 is 1.44 bits per heavy atom. The van der Waals surface area contributed by atoms with Gasteiger partial charge in [0.25, 0.3) is 5.91 Å². The lowest BCUT2D eigenvalue weighted by atomic mass is 10.0. The topological polar surface area (TPSA) is 79.4 Å². The zero-order valence-corrected chi connectivity index (χ0v) is 15.7. The Kier molecular flexibility index (Phi) is 6.05. The van der Waals surface area contributed by atoms with E-state index in [9.17, 15) is 10.1 Å². The number of ether oxygens (including phenoxy) is 1. The van der Waals surface area contributed by atoms with Gasteiger partial charge in [0.2, 0.25) is 0 Å². The van der Waals surface area contributed by atoms with E-state index in [0.29, 0.717) is 5.56 Å². The second-order valence-electron chi connectivity index (χ2n) is 6.78. The van der Waals surface area contributed by atoms with Crippen LogP contribution in [-0.4, -0.2) is 29.4 Å². The van der Waals surface area contributed by atoms with Gasteiger partial charge in [-0.2, -0.15) is 10.4 Å². The van der Waals surface area contributed by atoms with E-state index in [1.165, 1.54) is 0 Å². The van der Waals surface area contributed by atoms with Crippen LogP contribution in [0.5, 0.6) is 0 Å². The molecule has 1 aliphatic heterocycles. The molecule has 0 saturated carbocycles. The molecule has 1 saturated heterocycles. The van der Waals surface area contributed by atoms with Crippen LogP contribution in [0.25, 0.3) is 0 Å². The molecule has 1 amide bonds. The van der Waals surface area contributed by atoms with Crippen molar-refractivity contribution in [1.29, 1.82) is 5.26 Å². The maximum atomic E-state index is 12.3. The summed E-state index contributed by atoms with van der Waals surface area (Å²) >= 11 is 0. The highest BCUT2D eigenvalue weighted by molar-refractivity contribution is 5.88. The number of nitrogens with one attached hydrogen (secondary N) is 1. The van der Waals surface area contributed by atoms with Crippen molar-refractivity contribution in [3.8, 4) is 6.07 Å². The molecule has 2 heterocycles. The molecular formula is C21H24N4O2. The third-order valence-corrected chi connectivity index (χ3v) is 4.93. The van der Waals surface area contributed by atoms with E-state index >= 15 is 0 Å². The number of rotatable bonds is 6. The zero-order chi connectivity index (χ0) is 19.2. The Balaban J connectivity index is 1.65. The number of carbonyl (C=O) groups excluding carboxylic acids is 1. The molecule has 3 rings (SSSR count). The number of amides is 1. The maximum absolute atomic E-state index is 12.3. The molecule has 1 aromatic carbocycles. The summed E-state index contributed by atoms with van der Waals surface area (Å²) in [5.74, 6) is -1.32. The van der Waals surface area contributed by atoms with E-state index in [4.69, 9.17) is 4.74 Å². The molecule has 0 aliphatic carbocycles. The summed E-state index contributed by atoms with van der Waals surface area (Å²) in [7, 11) is 0. The summed E-state index contributed by atoms with van der Waals surface area (Å²) < 4.78 is 7.95. The van der Waals surface area contributed by atoms with Crippen molar-refractivity contribution in [2.45, 2.75) is 45.3 Å². The molecule has 6 nitrogen and oxygen atoms in total. The highest BCUT2D eigenvalue weighted by Gasteiger charge is 2.20. The van der Waals surface area contributed by atoms with Gasteiger partial charge in [-0.3, -0.25) is 4.79 Å². The van der Waals surface area contributed by atoms with Crippen molar-refractivity contribution in [1.82, 2.24) is 9.99 Å². The van der Waals surface area contributed by atoms with Gasteiger partial charge in [-0.1, -0.05) is 30.3 Å². The zero-order valence-electron chi connectivity index (χ0n) is 15.7. The standard InChI is InChI=1S/C21H24N4O2/c1-15-11-18(16(2)25(15)14-19-9-6-10-27-19)13-23-24-21(26)20(12-22)17-7-4-3-5-8-17/h3-5,7-8,11,13,19-20H,6,9-10,14H2,1-2H3,(H,24,26)/b23-13-/t19-,20-/m1/s1. The van der Waals surface area contributed by atoms with Crippen molar-refractivity contribution < 1.29 is 9.53 Å². The number of carbonyl (C=O) groups is 1. The first-order chi connectivity index (χ1) is 13.1. The van der Waals surface area contributed by atoms with Gasteiger partial charge in [-0.25, -0.2) is 5.43 Å². The number of nitriles is 1. The van der Waals surface area contributed by atoms with E-state index in [-0.39, 0.29) is 6.10 Å². The first kappa shape index (κ1) is 18.9. The Bertz CT molecular complexity index is 858. The van der Waals surface area contributed by atoms with Crippen LogP contribution in [-0.2, 0) is 16.1 Å². The molecule has 0 spiro atoms. The molecule has 140 valence electrons. The summed E-state index contributed by atoms with van der Waals surface area (Å²) in [6.07, 6.45) is 4.10. The van der Waals surface area contributed by atoms with Gasteiger partial charge in [0.15, 0.2) is 5.92 Å². The minimum atomic E-state index is -0.879. The molecule has 1 aromatic heterocycles. The first-order valence-electron chi connectivity index (χ1n) is 9.16. The largest absolute Gasteiger partial charge is 0.376 e. The predicted octanol–water partition coefficient (Wildman–Crippen LogP) is 3.04. The van der Waals surface area contributed by atoms with Gasteiger partial charge in [-0.05, 0) is 38.3 Å². The normalized spacial score (nSPS) is 17.7. The molecule has 6 heteroatoms. The Morgan fingerprint density at radius 3 is 2.89 bits per heavy atom. The van der Waals surface area contributed by atoms with Crippen LogP contribution in [0.4, 0.5) is 0 Å². The number of hydrogen-bond donors (Lipinski definition) is 1. The molecule has 0 radical (unpaired) electrons. The number of hydrazone groups is 1. The second-order valence-corrected chi connectivity index (χ2v) is 6.78. The van der Waals surface area contributed by atoms with Crippen LogP contribution in [0.1, 0.15) is 41.3 Å². The lowest BCUT2D eigenvalue weighted by molar-refractivity contribution is -0.121. The fourth-order valence-corrected chi connectivity index (χ4v) is 3.39. The third kappa shape index (κ3) is 4.44. The van der Waals surface area contributed by atoms with Gasteiger partial charge in [0.05, 0.1) is 18.4 Å². The van der Waals surface area contributed by atoms with Crippen LogP contribution in [0.2, 0.25) is 0 Å². The smallest absolute Gasteiger partial charge is 0.261 e. The summed E-state index contributed by atoms with van der Waals surface area (Å²) in [6, 6.07) is 13.0. The van der Waals surface area contributed by atoms with Crippen LogP contribution in [0.3, 0.4) is 0 Å². The average Bonchev–Trinajstić information content (AvgIpc) is 3.27. The molecular weight excluding hydrogens is 340 g/mol. The number of benzene rings is 1. The van der Waals surface area contributed by atoms with E-state index in [0.717, 1.165) is 42.9 Å². The van der Waals surface area contributed by atoms with Crippen LogP contribution in [0.15, 0.2) is 41.5 Å². The van der Waals surface area contributed by atoms with E-state index < -0.39 is 11.8 Å². The monoisotopic (exact) mass is 364 g/mol. The van der Waals surface area contributed by atoms with E-state index in [1.54, 1.807) is 30.5 Å². The van der Waals surface area contributed by atoms with Crippen molar-refractivity contribution in [3.05, 3.63) is 58.9 Å². The number of aryl methyl sites for hydroxylation is 1. The number of aromatic nitrogens is 1. The lowest BCUT2D eigenvalue weighted by Crippen LogP contribution is -2.24. The minimum Gasteiger partial charge on any atom is -0.376 e. The highest BCUT2D eigenvalue weighted by Crippen LogP contribution is 2.19. The maximum Gasteiger partial charge on any atom is 0.261 e. The molecule has 1 fully saturated rings. The average molecular weight is 364 g/mol. The fourth-order valence-electron chi connectivity index (χ4n) is 3.39. The van der Waals surface area contributed by atoms with Gasteiger partial charge >= 0.3 is 0 Å². The fraction of sp³-hybridized carbons (Fsp3) is 0.381. The van der Waals surface area contributed by atoms with Crippen LogP contribution >= 0.6 is 0 Å². The van der Waals surface area contributed by atoms with Gasteiger partial charge in [0, 0.05) is 30.1 Å². The van der Waals surface area contributed by atoms with Gasteiger partial charge < -0.3 is 9.30 Å². The third-order valence-electron chi connectivity index (χ3n) is 4.93. The van der Waals surface area contributed by atoms with Crippen molar-refractivity contribution in [2.75, 3.05) is 6.61 Å². The van der Waals surface area contributed by atoms with Crippen LogP contribution in [0, 0.1) is 25.2 Å². The SMILES string of the molecule is Cc1cc(/C=N\NC(=O)[C@H](C#N)c2ccccc2)c(C)n1C[C@H]1CCCO1. The first-order valence-corrected chi connectivity index (χ1v) is 9.16. The molecule has 1 N–H and O–H groups in total. The van der Waals surface area contributed by atoms with Gasteiger partial charge in [0.1, 0.15) is 0 Å². The predicted molar refractivity (Wildman–Crippen MR) is 103 cm³/mol. The molecule has 1 aliphatic rings. The summed E-state index contributed by atoms with van der Waals surface area (Å²) in [4.78, 5) is 12.3. The number of nitrogens with zero attached hydrogens (tertiary/aromatic N) is 3. The molecule has 27 heavy (non-hydrogen) atoms. The summed E-state index contributed by atoms with van der Waals surface area (Å²) in [5, 5.41) is 13.4. The van der Waals surface area contributed by atoms with Crippen molar-refractivity contribution in [2.24, 2.45) is 5.10 Å². The summed E-state index contributed by atoms with van der Waals surface area (Å²) in [6.45, 7) is 5.76. The Labute approximate surface area is 159 Å². The quantitative estimate of drug-likeness (QED) is 0.632. The second kappa shape index (κ2) is 8.65. The van der Waals surface area contributed by atoms with Gasteiger partial charge in [-0.15, -0.1) is 0 Å². The molecule has 0 bridgehead atoms. The van der Waals surface area contributed by atoms with E-state index in [1.807, 2.05) is 25.1 Å². The van der Waals surface area contributed by atoms with E-state index in [2.05, 4.69) is 22.0 Å². The molecule has 2 aromatic rings. The summed E-state index contributed by atoms with van der Waals surface area (Å²) in [5.41, 5.74) is 6.30. The Hall–Kier alpha value is -2.91. The Morgan fingerprint density at radius 2 is 2.22 bits per heavy atom. The lowest BCUT2D eigenvalue weighted by Gasteiger charge is -2.14. The molecule has 2 atom stereocenters. The minimum absolute atomic E-state index is 0.265. The number of hydrogen-bond acceptors (Lipinski definition) is 4.